The van der Waals surface area contributed by atoms with E-state index in [1.54, 1.807) is 0 Å². The molecule has 0 aromatic carbocycles. The van der Waals surface area contributed by atoms with Crippen LogP contribution < -0.4 is 0 Å². The van der Waals surface area contributed by atoms with Gasteiger partial charge in [-0.05, 0) is 6.37 Å². The summed E-state index contributed by atoms with van der Waals surface area (Å²) in [5.74, 6) is 0. The van der Waals surface area contributed by atoms with Crippen molar-refractivity contribution in [3.05, 3.63) is 0 Å². The largest absolute Gasteiger partial charge is 0.396 e. The van der Waals surface area contributed by atoms with Crippen molar-refractivity contribution < 1.29 is 12.0 Å². The fraction of sp³-hybridized carbons (Fsp3) is 1.00. The Morgan fingerprint density at radius 1 is 2.50 bits per heavy atom. The highest BCUT2D eigenvalue weighted by molar-refractivity contribution is 4.10. The van der Waals surface area contributed by atoms with E-state index in [2.05, 4.69) is 0 Å². The monoisotopic (exact) mass is 65.1 g/mol. The van der Waals surface area contributed by atoms with Crippen LogP contribution in [0, 0.1) is 0 Å². The highest BCUT2D eigenvalue weighted by Gasteiger charge is 1.57. The number of hydrogen-bond donors (Lipinski definition) is 1. The lowest BCUT2D eigenvalue weighted by Gasteiger charge is -1.69. The fourth-order valence-electron chi connectivity index (χ4n) is 0. The predicted molar refractivity (Wildman–Crippen MR) is 17.4 cm³/mol. The highest BCUT2D eigenvalue weighted by atomic mass is 16.2. The van der Waals surface area contributed by atoms with E-state index in [9.17, 15) is 0 Å². The third-order valence-corrected chi connectivity index (χ3v) is 0.0791. The molecule has 0 saturated carbocycles. The Balaban J connectivity index is 4.14. The summed E-state index contributed by atoms with van der Waals surface area (Å²) < 4.78 is 33.0. The minimum absolute atomic E-state index is 0.969. The zero-order valence-electron chi connectivity index (χ0n) is 7.15. The van der Waals surface area contributed by atoms with Crippen LogP contribution in [-0.4, -0.2) is 11.7 Å². The van der Waals surface area contributed by atoms with Gasteiger partial charge in [-0.3, -0.25) is 0 Å². The van der Waals surface area contributed by atoms with Crippen LogP contribution in [0.4, 0.5) is 0 Å². The molecular weight excluding hydrogens is 52.0 g/mol. The maximum Gasteiger partial charge on any atom is 0.0428 e. The Bertz CT molecular complexity index is 94.9. The van der Waals surface area contributed by atoms with Crippen molar-refractivity contribution in [2.45, 2.75) is 13.2 Å². The molecule has 0 rings (SSSR count). The van der Waals surface area contributed by atoms with Gasteiger partial charge in [-0.1, -0.05) is 6.85 Å². The van der Waals surface area contributed by atoms with Crippen LogP contribution in [0.25, 0.3) is 0 Å². The van der Waals surface area contributed by atoms with E-state index in [4.69, 9.17) is 12.0 Å². The van der Waals surface area contributed by atoms with Gasteiger partial charge in [0, 0.05) is 13.5 Å². The molecule has 4 heavy (non-hydrogen) atoms. The summed E-state index contributed by atoms with van der Waals surface area (Å²) in [6.45, 7) is -3.69. The summed E-state index contributed by atoms with van der Waals surface area (Å²) in [7, 11) is 0. The maximum absolute atomic E-state index is 8.19. The van der Waals surface area contributed by atoms with Crippen LogP contribution in [-0.2, 0) is 0 Å². The molecule has 0 saturated heterocycles. The third kappa shape index (κ3) is 1.96. The average molecular weight is 65.1 g/mol. The van der Waals surface area contributed by atoms with Gasteiger partial charge in [0.15, 0.2) is 0 Å². The van der Waals surface area contributed by atoms with E-state index < -0.39 is 19.8 Å². The molecule has 0 atom stereocenters. The highest BCUT2D eigenvalue weighted by Crippen LogP contribution is 1.61. The first-order chi connectivity index (χ1) is 3.81. The second kappa shape index (κ2) is 2.96. The van der Waals surface area contributed by atoms with Crippen LogP contribution >= 0.6 is 0 Å². The molecule has 0 aliphatic rings. The van der Waals surface area contributed by atoms with E-state index >= 15 is 0 Å². The summed E-state index contributed by atoms with van der Waals surface area (Å²) >= 11 is 0. The average Bonchev–Trinajstić information content (AvgIpc) is 1.64. The van der Waals surface area contributed by atoms with Crippen LogP contribution in [0.5, 0.6) is 0 Å². The Labute approximate surface area is 33.3 Å². The molecule has 0 radical (unpaired) electrons. The Morgan fingerprint density at radius 3 is 3.25 bits per heavy atom. The van der Waals surface area contributed by atoms with Crippen molar-refractivity contribution in [2.75, 3.05) is 6.61 Å². The zero-order valence-corrected chi connectivity index (χ0v) is 2.15. The van der Waals surface area contributed by atoms with Crippen LogP contribution in [0.3, 0.4) is 0 Å². The zero-order chi connectivity index (χ0) is 7.71. The Kier molecular flexibility index (Phi) is 0.405. The number of aliphatic hydroxyl groups is 1. The first-order valence-electron chi connectivity index (χ1n) is 3.42. The molecular formula is C3H8O. The molecule has 0 aromatic rings. The van der Waals surface area contributed by atoms with Gasteiger partial charge in [-0.25, -0.2) is 0 Å². The van der Waals surface area contributed by atoms with Gasteiger partial charge in [-0.2, -0.15) is 0 Å². The number of rotatable bonds is 1. The fourth-order valence-corrected chi connectivity index (χ4v) is 0. The summed E-state index contributed by atoms with van der Waals surface area (Å²) in [4.78, 5) is 0. The van der Waals surface area contributed by atoms with Gasteiger partial charge in [0.25, 0.3) is 0 Å². The molecule has 0 aliphatic heterocycles. The molecule has 0 heterocycles. The molecule has 0 spiro atoms. The second-order valence-corrected chi connectivity index (χ2v) is 0.335. The van der Waals surface area contributed by atoms with Crippen molar-refractivity contribution in [1.29, 1.82) is 0 Å². The molecule has 1 nitrogen and oxygen atoms in total. The molecule has 0 fully saturated rings. The SMILES string of the molecule is [2H]C([2H])([2H])C([2H])([2H])CO. The van der Waals surface area contributed by atoms with E-state index in [0.29, 0.717) is 0 Å². The van der Waals surface area contributed by atoms with Crippen LogP contribution in [0.2, 0.25) is 0 Å². The van der Waals surface area contributed by atoms with E-state index in [1.807, 2.05) is 0 Å². The summed E-state index contributed by atoms with van der Waals surface area (Å²) in [6, 6.07) is 0. The van der Waals surface area contributed by atoms with E-state index in [1.165, 1.54) is 0 Å². The van der Waals surface area contributed by atoms with Gasteiger partial charge in [0.1, 0.15) is 0 Å². The predicted octanol–water partition coefficient (Wildman–Crippen LogP) is 0.389. The molecule has 1 N–H and O–H groups in total. The first kappa shape index (κ1) is 0.548. The molecule has 26 valence electrons. The first-order valence-corrected chi connectivity index (χ1v) is 0.920. The van der Waals surface area contributed by atoms with Crippen LogP contribution in [0.1, 0.15) is 20.1 Å². The molecule has 0 aliphatic carbocycles. The smallest absolute Gasteiger partial charge is 0.0428 e. The van der Waals surface area contributed by atoms with Gasteiger partial charge in [-0.15, -0.1) is 0 Å². The minimum Gasteiger partial charge on any atom is -0.396 e. The van der Waals surface area contributed by atoms with Gasteiger partial charge < -0.3 is 5.11 Å². The van der Waals surface area contributed by atoms with Crippen molar-refractivity contribution in [2.24, 2.45) is 0 Å². The summed E-state index contributed by atoms with van der Waals surface area (Å²) in [6.07, 6.45) is -2.47. The number of aliphatic hydroxyl groups excluding tert-OH is 1. The third-order valence-electron chi connectivity index (χ3n) is 0.0791. The quantitative estimate of drug-likeness (QED) is 0.468. The normalized spacial score (nSPS) is 32.8. The maximum atomic E-state index is 8.19. The topological polar surface area (TPSA) is 20.2 Å². The van der Waals surface area contributed by atoms with Crippen molar-refractivity contribution in [3.63, 3.8) is 0 Å². The van der Waals surface area contributed by atoms with Crippen molar-refractivity contribution in [3.8, 4) is 0 Å². The van der Waals surface area contributed by atoms with Crippen LogP contribution in [0.15, 0.2) is 0 Å². The molecule has 0 bridgehead atoms. The lowest BCUT2D eigenvalue weighted by atomic mass is 10.5. The van der Waals surface area contributed by atoms with E-state index in [0.717, 1.165) is 0 Å². The van der Waals surface area contributed by atoms with E-state index in [-0.39, 0.29) is 0 Å². The summed E-state index contributed by atoms with van der Waals surface area (Å²) in [5.41, 5.74) is 0. The van der Waals surface area contributed by atoms with Crippen molar-refractivity contribution in [1.82, 2.24) is 0 Å². The lowest BCUT2D eigenvalue weighted by molar-refractivity contribution is 0.295. The second-order valence-electron chi connectivity index (χ2n) is 0.335. The molecule has 1 heteroatoms. The lowest BCUT2D eigenvalue weighted by Crippen LogP contribution is -1.69. The van der Waals surface area contributed by atoms with Crippen molar-refractivity contribution >= 4 is 0 Å². The summed E-state index contributed by atoms with van der Waals surface area (Å²) in [5, 5.41) is 8.19. The Morgan fingerprint density at radius 2 is 3.25 bits per heavy atom. The van der Waals surface area contributed by atoms with Gasteiger partial charge >= 0.3 is 0 Å². The molecule has 0 aromatic heterocycles. The minimum atomic E-state index is -2.72. The van der Waals surface area contributed by atoms with Gasteiger partial charge in [0.05, 0.1) is 0 Å². The number of hydrogen-bond acceptors (Lipinski definition) is 1. The standard InChI is InChI=1S/C3H8O/c1-2-3-4/h4H,2-3H2,1H3/i1D3,2D2. The molecule has 0 amide bonds. The van der Waals surface area contributed by atoms with Gasteiger partial charge in [0.2, 0.25) is 0 Å². The molecule has 0 unspecified atom stereocenters. The Hall–Kier alpha value is -0.0400.